The van der Waals surface area contributed by atoms with Gasteiger partial charge in [-0.2, -0.15) is 0 Å². The van der Waals surface area contributed by atoms with Crippen LogP contribution in [-0.2, 0) is 23.0 Å². The molecule has 37 heavy (non-hydrogen) atoms. The molecule has 11 heteroatoms. The summed E-state index contributed by atoms with van der Waals surface area (Å²) in [5.74, 6) is 1.60. The second-order valence-corrected chi connectivity index (χ2v) is 9.72. The fourth-order valence-electron chi connectivity index (χ4n) is 3.58. The minimum absolute atomic E-state index is 0.102. The number of hydrogen-bond donors (Lipinski definition) is 1. The van der Waals surface area contributed by atoms with Gasteiger partial charge in [0.25, 0.3) is 0 Å². The molecule has 0 atom stereocenters. The van der Waals surface area contributed by atoms with Crippen LogP contribution in [0.5, 0.6) is 11.5 Å². The number of carbonyl (C=O) groups excluding carboxylic acids is 2. The zero-order valence-electron chi connectivity index (χ0n) is 20.8. The van der Waals surface area contributed by atoms with Crippen LogP contribution in [0.4, 0.5) is 5.00 Å². The van der Waals surface area contributed by atoms with E-state index >= 15 is 0 Å². The van der Waals surface area contributed by atoms with Crippen molar-refractivity contribution in [3.63, 3.8) is 0 Å². The van der Waals surface area contributed by atoms with E-state index in [9.17, 15) is 9.59 Å². The summed E-state index contributed by atoms with van der Waals surface area (Å²) in [6, 6.07) is 15.1. The number of carbonyl (C=O) groups is 2. The molecule has 2 aromatic heterocycles. The number of thioether (sulfide) groups is 1. The normalized spacial score (nSPS) is 10.7. The lowest BCUT2D eigenvalue weighted by Gasteiger charge is -2.08. The third-order valence-corrected chi connectivity index (χ3v) is 7.53. The van der Waals surface area contributed by atoms with E-state index in [1.54, 1.807) is 14.2 Å². The molecule has 0 radical (unpaired) electrons. The van der Waals surface area contributed by atoms with E-state index in [-0.39, 0.29) is 11.7 Å². The number of amides is 1. The van der Waals surface area contributed by atoms with Crippen LogP contribution in [-0.4, -0.2) is 53.7 Å². The van der Waals surface area contributed by atoms with Gasteiger partial charge in [-0.05, 0) is 35.4 Å². The second kappa shape index (κ2) is 11.9. The van der Waals surface area contributed by atoms with Crippen LogP contribution in [0.2, 0.25) is 0 Å². The zero-order valence-corrected chi connectivity index (χ0v) is 22.4. The predicted octanol–water partition coefficient (Wildman–Crippen LogP) is 4.67. The summed E-state index contributed by atoms with van der Waals surface area (Å²) < 4.78 is 17.3. The molecule has 0 aliphatic heterocycles. The highest BCUT2D eigenvalue weighted by molar-refractivity contribution is 7.99. The van der Waals surface area contributed by atoms with E-state index < -0.39 is 5.97 Å². The van der Waals surface area contributed by atoms with Crippen LogP contribution in [0.1, 0.15) is 21.7 Å². The Hall–Kier alpha value is -3.83. The highest BCUT2D eigenvalue weighted by atomic mass is 32.2. The molecule has 0 saturated carbocycles. The van der Waals surface area contributed by atoms with Gasteiger partial charge in [0.15, 0.2) is 5.16 Å². The minimum Gasteiger partial charge on any atom is -0.497 e. The first kappa shape index (κ1) is 26.2. The molecule has 2 aromatic carbocycles. The Balaban J connectivity index is 1.42. The first-order valence-electron chi connectivity index (χ1n) is 11.2. The van der Waals surface area contributed by atoms with Gasteiger partial charge in [0, 0.05) is 24.4 Å². The maximum atomic E-state index is 12.8. The Morgan fingerprint density at radius 2 is 1.62 bits per heavy atom. The molecule has 1 N–H and O–H groups in total. The number of aromatic nitrogens is 3. The van der Waals surface area contributed by atoms with Gasteiger partial charge in [0.1, 0.15) is 27.9 Å². The summed E-state index contributed by atoms with van der Waals surface area (Å²) in [6.45, 7) is 0. The third-order valence-electron chi connectivity index (χ3n) is 5.61. The van der Waals surface area contributed by atoms with E-state index in [1.165, 1.54) is 30.2 Å². The Bertz CT molecular complexity index is 1380. The van der Waals surface area contributed by atoms with Crippen molar-refractivity contribution < 1.29 is 23.8 Å². The van der Waals surface area contributed by atoms with Crippen LogP contribution in [0.25, 0.3) is 11.1 Å². The molecule has 4 aromatic rings. The number of rotatable bonds is 10. The van der Waals surface area contributed by atoms with Crippen molar-refractivity contribution in [1.82, 2.24) is 14.8 Å². The van der Waals surface area contributed by atoms with E-state index in [1.807, 2.05) is 65.5 Å². The maximum absolute atomic E-state index is 12.8. The van der Waals surface area contributed by atoms with E-state index in [0.29, 0.717) is 33.5 Å². The van der Waals surface area contributed by atoms with Gasteiger partial charge >= 0.3 is 5.97 Å². The Kier molecular flexibility index (Phi) is 8.47. The first-order chi connectivity index (χ1) is 17.9. The number of nitrogens with one attached hydrogen (secondary N) is 1. The van der Waals surface area contributed by atoms with Crippen LogP contribution in [0.3, 0.4) is 0 Å². The third kappa shape index (κ3) is 6.12. The largest absolute Gasteiger partial charge is 0.497 e. The average molecular weight is 539 g/mol. The number of nitrogens with zero attached hydrogens (tertiary/aromatic N) is 3. The summed E-state index contributed by atoms with van der Waals surface area (Å²) in [5.41, 5.74) is 2.89. The number of methoxy groups -OCH3 is 3. The summed E-state index contributed by atoms with van der Waals surface area (Å²) in [5, 5.41) is 14.2. The number of anilines is 1. The summed E-state index contributed by atoms with van der Waals surface area (Å²) >= 11 is 2.54. The van der Waals surface area contributed by atoms with Crippen molar-refractivity contribution in [3.05, 3.63) is 70.9 Å². The monoisotopic (exact) mass is 538 g/mol. The fourth-order valence-corrected chi connectivity index (χ4v) is 5.28. The maximum Gasteiger partial charge on any atom is 0.341 e. The number of ether oxygens (including phenoxy) is 3. The van der Waals surface area contributed by atoms with Gasteiger partial charge in [0.2, 0.25) is 5.91 Å². The molecule has 0 spiro atoms. The molecular weight excluding hydrogens is 512 g/mol. The quantitative estimate of drug-likeness (QED) is 0.230. The highest BCUT2D eigenvalue weighted by Crippen LogP contribution is 2.37. The van der Waals surface area contributed by atoms with Gasteiger partial charge in [0.05, 0.1) is 27.1 Å². The van der Waals surface area contributed by atoms with E-state index in [0.717, 1.165) is 22.7 Å². The smallest absolute Gasteiger partial charge is 0.341 e. The highest BCUT2D eigenvalue weighted by Gasteiger charge is 2.23. The molecule has 0 bridgehead atoms. The van der Waals surface area contributed by atoms with Crippen molar-refractivity contribution in [1.29, 1.82) is 0 Å². The van der Waals surface area contributed by atoms with Crippen molar-refractivity contribution in [3.8, 4) is 22.6 Å². The Labute approximate surface area is 222 Å². The zero-order chi connectivity index (χ0) is 26.4. The first-order valence-corrected chi connectivity index (χ1v) is 13.1. The number of esters is 1. The average Bonchev–Trinajstić information content (AvgIpc) is 3.50. The van der Waals surface area contributed by atoms with Crippen molar-refractivity contribution in [2.24, 2.45) is 7.05 Å². The van der Waals surface area contributed by atoms with Crippen LogP contribution < -0.4 is 14.8 Å². The molecular formula is C26H26N4O5S2. The van der Waals surface area contributed by atoms with E-state index in [2.05, 4.69) is 15.5 Å². The van der Waals surface area contributed by atoms with Crippen LogP contribution in [0, 0.1) is 0 Å². The molecule has 0 fully saturated rings. The molecule has 4 rings (SSSR count). The lowest BCUT2D eigenvalue weighted by Crippen LogP contribution is -2.16. The standard InChI is InChI=1S/C26H26N4O5S2/c1-30-21(13-16-5-9-18(33-2)10-6-16)28-29-26(30)37-15-22(31)27-24-23(25(32)35-4)20(14-36-24)17-7-11-19(34-3)12-8-17/h5-12,14H,13,15H2,1-4H3,(H,27,31). The fraction of sp³-hybridized carbons (Fsp3) is 0.231. The lowest BCUT2D eigenvalue weighted by molar-refractivity contribution is -0.113. The Morgan fingerprint density at radius 1 is 0.973 bits per heavy atom. The summed E-state index contributed by atoms with van der Waals surface area (Å²) in [7, 11) is 6.41. The predicted molar refractivity (Wildman–Crippen MR) is 144 cm³/mol. The van der Waals surface area contributed by atoms with Crippen molar-refractivity contribution in [2.75, 3.05) is 32.4 Å². The lowest BCUT2D eigenvalue weighted by atomic mass is 10.0. The van der Waals surface area contributed by atoms with Gasteiger partial charge in [-0.1, -0.05) is 36.0 Å². The molecule has 0 unspecified atom stereocenters. The van der Waals surface area contributed by atoms with Crippen LogP contribution >= 0.6 is 23.1 Å². The number of hydrogen-bond acceptors (Lipinski definition) is 9. The minimum atomic E-state index is -0.522. The van der Waals surface area contributed by atoms with Gasteiger partial charge in [-0.15, -0.1) is 21.5 Å². The molecule has 2 heterocycles. The van der Waals surface area contributed by atoms with Gasteiger partial charge < -0.3 is 24.1 Å². The van der Waals surface area contributed by atoms with Gasteiger partial charge in [-0.3, -0.25) is 4.79 Å². The number of benzene rings is 2. The summed E-state index contributed by atoms with van der Waals surface area (Å²) in [6.07, 6.45) is 0.603. The van der Waals surface area contributed by atoms with Crippen molar-refractivity contribution >= 4 is 40.0 Å². The SMILES string of the molecule is COC(=O)c1c(-c2ccc(OC)cc2)csc1NC(=O)CSc1nnc(Cc2ccc(OC)cc2)n1C. The topological polar surface area (TPSA) is 105 Å². The molecule has 192 valence electrons. The van der Waals surface area contributed by atoms with E-state index in [4.69, 9.17) is 14.2 Å². The molecule has 9 nitrogen and oxygen atoms in total. The molecule has 0 saturated heterocycles. The Morgan fingerprint density at radius 3 is 2.24 bits per heavy atom. The molecule has 1 amide bonds. The molecule has 0 aliphatic carbocycles. The van der Waals surface area contributed by atoms with Crippen LogP contribution in [0.15, 0.2) is 59.1 Å². The van der Waals surface area contributed by atoms with Gasteiger partial charge in [-0.25, -0.2) is 4.79 Å². The van der Waals surface area contributed by atoms with Crippen molar-refractivity contribution in [2.45, 2.75) is 11.6 Å². The second-order valence-electron chi connectivity index (χ2n) is 7.89. The number of thiophene rings is 1. The molecule has 0 aliphatic rings. The summed E-state index contributed by atoms with van der Waals surface area (Å²) in [4.78, 5) is 25.4.